The number of carboxylic acids is 1. The number of methoxy groups -OCH3 is 1. The second kappa shape index (κ2) is 13.6. The highest BCUT2D eigenvalue weighted by Gasteiger charge is 2.37. The summed E-state index contributed by atoms with van der Waals surface area (Å²) in [5.74, 6) is -1.85. The Kier molecular flexibility index (Phi) is 11.4. The number of nitrogens with zero attached hydrogens (tertiary/aromatic N) is 1. The van der Waals surface area contributed by atoms with Crippen LogP contribution in [0.15, 0.2) is 24.3 Å². The summed E-state index contributed by atoms with van der Waals surface area (Å²) in [6.07, 6.45) is -0.607. The highest BCUT2D eigenvalue weighted by atomic mass is 16.6. The molecule has 0 aromatic heterocycles. The molecule has 1 aromatic carbocycles. The summed E-state index contributed by atoms with van der Waals surface area (Å²) >= 11 is 0. The van der Waals surface area contributed by atoms with Gasteiger partial charge < -0.3 is 29.9 Å². The molecule has 0 saturated carbocycles. The zero-order valence-corrected chi connectivity index (χ0v) is 24.8. The van der Waals surface area contributed by atoms with E-state index in [-0.39, 0.29) is 37.0 Å². The molecule has 2 amide bonds. The molecule has 0 aliphatic carbocycles. The van der Waals surface area contributed by atoms with Crippen LogP contribution in [-0.4, -0.2) is 66.2 Å². The Labute approximate surface area is 233 Å². The molecule has 4 atom stereocenters. The van der Waals surface area contributed by atoms with Gasteiger partial charge in [0.15, 0.2) is 0 Å². The van der Waals surface area contributed by atoms with Gasteiger partial charge in [-0.3, -0.25) is 9.59 Å². The van der Waals surface area contributed by atoms with Crippen molar-refractivity contribution in [1.29, 1.82) is 0 Å². The molecule has 0 fully saturated rings. The van der Waals surface area contributed by atoms with Gasteiger partial charge in [-0.05, 0) is 63.0 Å². The number of fused-ring (bicyclic) bond motifs is 1. The van der Waals surface area contributed by atoms with Crippen LogP contribution >= 0.6 is 0 Å². The second-order valence-corrected chi connectivity index (χ2v) is 12.9. The molecule has 0 saturated heterocycles. The monoisotopic (exact) mass is 548 g/mol. The van der Waals surface area contributed by atoms with Crippen molar-refractivity contribution in [2.75, 3.05) is 25.2 Å². The van der Waals surface area contributed by atoms with Crippen molar-refractivity contribution in [3.8, 4) is 0 Å². The molecule has 9 nitrogen and oxygen atoms in total. The number of anilines is 1. The number of amides is 2. The Morgan fingerprint density at radius 3 is 2.33 bits per heavy atom. The van der Waals surface area contributed by atoms with Crippen LogP contribution in [-0.2, 0) is 25.5 Å². The number of hydrogen-bond acceptors (Lipinski definition) is 6. The molecule has 0 unspecified atom stereocenters. The first-order valence-corrected chi connectivity index (χ1v) is 13.8. The van der Waals surface area contributed by atoms with Gasteiger partial charge in [-0.1, -0.05) is 45.9 Å². The van der Waals surface area contributed by atoms with Crippen LogP contribution in [0.4, 0.5) is 10.5 Å². The molecule has 3 N–H and O–H groups in total. The lowest BCUT2D eigenvalue weighted by molar-refractivity contribution is -0.144. The fourth-order valence-corrected chi connectivity index (χ4v) is 5.26. The molecule has 2 rings (SSSR count). The normalized spacial score (nSPS) is 18.2. The van der Waals surface area contributed by atoms with Crippen LogP contribution < -0.4 is 10.2 Å². The standard InChI is InChI=1S/C30H48N2O7/c1-19(2)22(27(35)36)14-25(33)23(31-28(37)39-29(3,4)5)15-30(6,7)16-26(34)32-17-20(18-38-8)13-21-11-9-10-12-24(21)32/h9-12,19-20,22-23,25,33H,13-18H2,1-8H3,(H,31,37)(H,35,36)/t20-,22+,23+,25+/m1/s1. The van der Waals surface area contributed by atoms with Crippen molar-refractivity contribution in [3.63, 3.8) is 0 Å². The summed E-state index contributed by atoms with van der Waals surface area (Å²) in [5, 5.41) is 23.6. The van der Waals surface area contributed by atoms with Crippen molar-refractivity contribution in [2.45, 2.75) is 91.9 Å². The Bertz CT molecular complexity index is 986. The van der Waals surface area contributed by atoms with Gasteiger partial charge in [-0.25, -0.2) is 4.79 Å². The van der Waals surface area contributed by atoms with Gasteiger partial charge in [0.1, 0.15) is 5.60 Å². The highest BCUT2D eigenvalue weighted by Crippen LogP contribution is 2.35. The Hall–Kier alpha value is -2.65. The minimum absolute atomic E-state index is 0.0321. The van der Waals surface area contributed by atoms with Crippen molar-refractivity contribution < 1.29 is 34.1 Å². The summed E-state index contributed by atoms with van der Waals surface area (Å²) in [7, 11) is 1.66. The number of alkyl carbamates (subject to hydrolysis) is 1. The van der Waals surface area contributed by atoms with Gasteiger partial charge in [-0.15, -0.1) is 0 Å². The number of nitrogens with one attached hydrogen (secondary N) is 1. The van der Waals surface area contributed by atoms with Crippen LogP contribution in [0.3, 0.4) is 0 Å². The first kappa shape index (κ1) is 32.6. The van der Waals surface area contributed by atoms with E-state index < -0.39 is 41.1 Å². The van der Waals surface area contributed by atoms with Crippen LogP contribution in [0.25, 0.3) is 0 Å². The largest absolute Gasteiger partial charge is 0.481 e. The summed E-state index contributed by atoms with van der Waals surface area (Å²) in [6, 6.07) is 7.07. The van der Waals surface area contributed by atoms with E-state index in [1.54, 1.807) is 41.7 Å². The Morgan fingerprint density at radius 2 is 1.77 bits per heavy atom. The molecule has 0 spiro atoms. The van der Waals surface area contributed by atoms with Crippen molar-refractivity contribution in [3.05, 3.63) is 29.8 Å². The van der Waals surface area contributed by atoms with E-state index in [2.05, 4.69) is 5.32 Å². The number of hydrogen-bond donors (Lipinski definition) is 3. The minimum atomic E-state index is -1.14. The molecule has 39 heavy (non-hydrogen) atoms. The molecule has 0 radical (unpaired) electrons. The number of benzene rings is 1. The van der Waals surface area contributed by atoms with Gasteiger partial charge in [0, 0.05) is 31.7 Å². The molecule has 9 heteroatoms. The molecule has 1 aromatic rings. The van der Waals surface area contributed by atoms with Crippen molar-refractivity contribution in [1.82, 2.24) is 5.32 Å². The third-order valence-electron chi connectivity index (χ3n) is 7.12. The molecule has 220 valence electrons. The fraction of sp³-hybridized carbons (Fsp3) is 0.700. The maximum absolute atomic E-state index is 13.7. The smallest absolute Gasteiger partial charge is 0.407 e. The predicted octanol–water partition coefficient (Wildman–Crippen LogP) is 4.65. The number of aliphatic carboxylic acids is 1. The van der Waals surface area contributed by atoms with Gasteiger partial charge in [0.2, 0.25) is 5.91 Å². The third kappa shape index (κ3) is 10.1. The van der Waals surface area contributed by atoms with Crippen LogP contribution in [0.2, 0.25) is 0 Å². The lowest BCUT2D eigenvalue weighted by Gasteiger charge is -2.38. The summed E-state index contributed by atoms with van der Waals surface area (Å²) in [5.41, 5.74) is 0.630. The number of para-hydroxylation sites is 1. The van der Waals surface area contributed by atoms with Gasteiger partial charge >= 0.3 is 12.1 Å². The van der Waals surface area contributed by atoms with E-state index >= 15 is 0 Å². The van der Waals surface area contributed by atoms with Gasteiger partial charge in [0.25, 0.3) is 0 Å². The lowest BCUT2D eigenvalue weighted by atomic mass is 9.78. The summed E-state index contributed by atoms with van der Waals surface area (Å²) in [6.45, 7) is 13.7. The van der Waals surface area contributed by atoms with E-state index in [4.69, 9.17) is 9.47 Å². The first-order valence-electron chi connectivity index (χ1n) is 13.8. The average molecular weight is 549 g/mol. The first-order chi connectivity index (χ1) is 18.0. The number of carboxylic acid groups (broad SMARTS) is 1. The van der Waals surface area contributed by atoms with Gasteiger partial charge in [0.05, 0.1) is 24.7 Å². The molecule has 1 aliphatic heterocycles. The highest BCUT2D eigenvalue weighted by molar-refractivity contribution is 5.95. The number of aliphatic hydroxyl groups is 1. The topological polar surface area (TPSA) is 125 Å². The number of rotatable bonds is 12. The Morgan fingerprint density at radius 1 is 1.13 bits per heavy atom. The number of carbonyl (C=O) groups excluding carboxylic acids is 2. The zero-order valence-electron chi connectivity index (χ0n) is 24.8. The molecular weight excluding hydrogens is 500 g/mol. The summed E-state index contributed by atoms with van der Waals surface area (Å²) < 4.78 is 10.8. The van der Waals surface area contributed by atoms with Crippen LogP contribution in [0.1, 0.15) is 73.3 Å². The molecule has 1 aliphatic rings. The Balaban J connectivity index is 2.24. The molecular formula is C30H48N2O7. The van der Waals surface area contributed by atoms with E-state index in [0.717, 1.165) is 17.7 Å². The van der Waals surface area contributed by atoms with Crippen molar-refractivity contribution in [2.24, 2.45) is 23.2 Å². The average Bonchev–Trinajstić information content (AvgIpc) is 2.79. The lowest BCUT2D eigenvalue weighted by Crippen LogP contribution is -2.49. The minimum Gasteiger partial charge on any atom is -0.481 e. The number of ether oxygens (including phenoxy) is 2. The quantitative estimate of drug-likeness (QED) is 0.347. The molecule has 0 bridgehead atoms. The second-order valence-electron chi connectivity index (χ2n) is 12.9. The van der Waals surface area contributed by atoms with Crippen molar-refractivity contribution >= 4 is 23.7 Å². The van der Waals surface area contributed by atoms with Crippen LogP contribution in [0, 0.1) is 23.2 Å². The SMILES string of the molecule is COC[C@@H]1Cc2ccccc2N(C(=O)CC(C)(C)C[C@H](NC(=O)OC(C)(C)C)[C@@H](O)C[C@H](C(=O)O)C(C)C)C1. The zero-order chi connectivity index (χ0) is 29.5. The fourth-order valence-electron chi connectivity index (χ4n) is 5.26. The maximum Gasteiger partial charge on any atom is 0.407 e. The van der Waals surface area contributed by atoms with E-state index in [0.29, 0.717) is 13.2 Å². The molecule has 1 heterocycles. The van der Waals surface area contributed by atoms with E-state index in [1.807, 2.05) is 43.0 Å². The van der Waals surface area contributed by atoms with Crippen LogP contribution in [0.5, 0.6) is 0 Å². The summed E-state index contributed by atoms with van der Waals surface area (Å²) in [4.78, 5) is 40.0. The van der Waals surface area contributed by atoms with Gasteiger partial charge in [-0.2, -0.15) is 0 Å². The van der Waals surface area contributed by atoms with E-state index in [9.17, 15) is 24.6 Å². The third-order valence-corrected chi connectivity index (χ3v) is 7.12. The predicted molar refractivity (Wildman–Crippen MR) is 151 cm³/mol. The number of carbonyl (C=O) groups is 3. The van der Waals surface area contributed by atoms with E-state index in [1.165, 1.54) is 0 Å². The number of aliphatic hydroxyl groups excluding tert-OH is 1. The maximum atomic E-state index is 13.7.